The van der Waals surface area contributed by atoms with Gasteiger partial charge in [-0.25, -0.2) is 0 Å². The van der Waals surface area contributed by atoms with Gasteiger partial charge in [-0.2, -0.15) is 13.2 Å². The number of unbranched alkanes of at least 4 members (excludes halogenated alkanes) is 3. The van der Waals surface area contributed by atoms with E-state index in [1.54, 1.807) is 0 Å². The number of halogens is 3. The first-order valence-corrected chi connectivity index (χ1v) is 6.30. The van der Waals surface area contributed by atoms with Gasteiger partial charge >= 0.3 is 6.18 Å². The van der Waals surface area contributed by atoms with Crippen LogP contribution >= 0.6 is 0 Å². The van der Waals surface area contributed by atoms with Crippen LogP contribution in [0.1, 0.15) is 50.2 Å². The molecule has 0 aliphatic carbocycles. The average Bonchev–Trinajstić information content (AvgIpc) is 2.33. The third-order valence-electron chi connectivity index (χ3n) is 2.95. The van der Waals surface area contributed by atoms with Crippen LogP contribution in [-0.2, 0) is 6.18 Å². The van der Waals surface area contributed by atoms with Gasteiger partial charge in [-0.1, -0.05) is 44.9 Å². The van der Waals surface area contributed by atoms with Crippen molar-refractivity contribution < 1.29 is 13.2 Å². The van der Waals surface area contributed by atoms with E-state index in [2.05, 4.69) is 13.5 Å². The van der Waals surface area contributed by atoms with E-state index < -0.39 is 11.7 Å². The minimum absolute atomic E-state index is 0.606. The van der Waals surface area contributed by atoms with E-state index in [-0.39, 0.29) is 0 Å². The van der Waals surface area contributed by atoms with Crippen molar-refractivity contribution in [2.45, 2.75) is 45.2 Å². The summed E-state index contributed by atoms with van der Waals surface area (Å²) in [7, 11) is 0. The molecule has 1 aromatic carbocycles. The number of rotatable bonds is 6. The van der Waals surface area contributed by atoms with Crippen LogP contribution in [0.15, 0.2) is 30.8 Å². The fraction of sp³-hybridized carbons (Fsp3) is 0.467. The van der Waals surface area contributed by atoms with Gasteiger partial charge in [0.1, 0.15) is 0 Å². The van der Waals surface area contributed by atoms with Crippen LogP contribution in [0.3, 0.4) is 0 Å². The SMILES string of the molecule is C=C(CCCCCC)c1ccc(C(F)(F)F)cc1. The maximum absolute atomic E-state index is 12.4. The zero-order valence-electron chi connectivity index (χ0n) is 10.7. The van der Waals surface area contributed by atoms with Crippen LogP contribution in [0.25, 0.3) is 5.57 Å². The molecule has 1 rings (SSSR count). The molecule has 0 aromatic heterocycles. The van der Waals surface area contributed by atoms with Crippen molar-refractivity contribution in [3.8, 4) is 0 Å². The summed E-state index contributed by atoms with van der Waals surface area (Å²) in [6.07, 6.45) is 1.16. The lowest BCUT2D eigenvalue weighted by atomic mass is 10.00. The molecule has 0 radical (unpaired) electrons. The second kappa shape index (κ2) is 6.62. The highest BCUT2D eigenvalue weighted by molar-refractivity contribution is 5.63. The van der Waals surface area contributed by atoms with Gasteiger partial charge in [-0.15, -0.1) is 0 Å². The van der Waals surface area contributed by atoms with Crippen molar-refractivity contribution in [2.24, 2.45) is 0 Å². The Kier molecular flexibility index (Phi) is 5.45. The largest absolute Gasteiger partial charge is 0.416 e. The van der Waals surface area contributed by atoms with Crippen LogP contribution in [0.2, 0.25) is 0 Å². The van der Waals surface area contributed by atoms with Gasteiger partial charge in [0.05, 0.1) is 5.56 Å². The Balaban J connectivity index is 2.54. The Hall–Kier alpha value is -1.25. The molecule has 0 saturated heterocycles. The van der Waals surface area contributed by atoms with Gasteiger partial charge in [0, 0.05) is 0 Å². The highest BCUT2D eigenvalue weighted by Gasteiger charge is 2.29. The number of hydrogen-bond donors (Lipinski definition) is 0. The Morgan fingerprint density at radius 1 is 1.06 bits per heavy atom. The van der Waals surface area contributed by atoms with E-state index in [1.807, 2.05) is 0 Å². The summed E-state index contributed by atoms with van der Waals surface area (Å²) < 4.78 is 37.2. The zero-order chi connectivity index (χ0) is 13.6. The third kappa shape index (κ3) is 4.55. The molecule has 0 N–H and O–H groups in total. The van der Waals surface area contributed by atoms with Crippen LogP contribution in [-0.4, -0.2) is 0 Å². The lowest BCUT2D eigenvalue weighted by Gasteiger charge is -2.09. The average molecular weight is 256 g/mol. The molecule has 0 bridgehead atoms. The molecule has 18 heavy (non-hydrogen) atoms. The van der Waals surface area contributed by atoms with Crippen LogP contribution < -0.4 is 0 Å². The molecule has 0 aliphatic heterocycles. The molecular formula is C15H19F3. The van der Waals surface area contributed by atoms with Crippen LogP contribution in [0, 0.1) is 0 Å². The number of alkyl halides is 3. The number of allylic oxidation sites excluding steroid dienone is 1. The van der Waals surface area contributed by atoms with E-state index in [4.69, 9.17) is 0 Å². The second-order valence-corrected chi connectivity index (χ2v) is 4.49. The summed E-state index contributed by atoms with van der Waals surface area (Å²) in [5.41, 5.74) is 1.12. The fourth-order valence-electron chi connectivity index (χ4n) is 1.80. The lowest BCUT2D eigenvalue weighted by Crippen LogP contribution is -2.04. The Labute approximate surface area is 107 Å². The van der Waals surface area contributed by atoms with Crippen molar-refractivity contribution in [3.05, 3.63) is 42.0 Å². The molecule has 100 valence electrons. The first-order valence-electron chi connectivity index (χ1n) is 6.30. The Bertz CT molecular complexity index is 374. The summed E-state index contributed by atoms with van der Waals surface area (Å²) >= 11 is 0. The molecule has 0 amide bonds. The summed E-state index contributed by atoms with van der Waals surface area (Å²) in [6, 6.07) is 5.25. The van der Waals surface area contributed by atoms with Crippen molar-refractivity contribution >= 4 is 5.57 Å². The normalized spacial score (nSPS) is 11.6. The first kappa shape index (κ1) is 14.8. The fourth-order valence-corrected chi connectivity index (χ4v) is 1.80. The van der Waals surface area contributed by atoms with E-state index in [1.165, 1.54) is 25.0 Å². The van der Waals surface area contributed by atoms with E-state index in [0.29, 0.717) is 0 Å². The zero-order valence-corrected chi connectivity index (χ0v) is 10.7. The topological polar surface area (TPSA) is 0 Å². The molecule has 0 spiro atoms. The molecule has 0 atom stereocenters. The molecule has 0 fully saturated rings. The third-order valence-corrected chi connectivity index (χ3v) is 2.95. The monoisotopic (exact) mass is 256 g/mol. The number of benzene rings is 1. The van der Waals surface area contributed by atoms with E-state index >= 15 is 0 Å². The van der Waals surface area contributed by atoms with E-state index in [9.17, 15) is 13.2 Å². The van der Waals surface area contributed by atoms with Gasteiger partial charge in [-0.05, 0) is 36.1 Å². The quantitative estimate of drug-likeness (QED) is 0.573. The van der Waals surface area contributed by atoms with E-state index in [0.717, 1.165) is 42.5 Å². The van der Waals surface area contributed by atoms with Gasteiger partial charge < -0.3 is 0 Å². The van der Waals surface area contributed by atoms with Crippen LogP contribution in [0.5, 0.6) is 0 Å². The Morgan fingerprint density at radius 2 is 1.67 bits per heavy atom. The highest BCUT2D eigenvalue weighted by Crippen LogP contribution is 2.30. The molecule has 0 nitrogen and oxygen atoms in total. The van der Waals surface area contributed by atoms with Crippen LogP contribution in [0.4, 0.5) is 13.2 Å². The van der Waals surface area contributed by atoms with Crippen molar-refractivity contribution in [1.82, 2.24) is 0 Å². The van der Waals surface area contributed by atoms with Gasteiger partial charge in [0.25, 0.3) is 0 Å². The molecule has 0 saturated carbocycles. The summed E-state index contributed by atoms with van der Waals surface area (Å²) in [6.45, 7) is 6.08. The van der Waals surface area contributed by atoms with Gasteiger partial charge in [0.2, 0.25) is 0 Å². The lowest BCUT2D eigenvalue weighted by molar-refractivity contribution is -0.137. The van der Waals surface area contributed by atoms with Crippen molar-refractivity contribution in [3.63, 3.8) is 0 Å². The molecule has 1 aromatic rings. The molecule has 0 unspecified atom stereocenters. The smallest absolute Gasteiger partial charge is 0.166 e. The minimum Gasteiger partial charge on any atom is -0.166 e. The summed E-state index contributed by atoms with van der Waals surface area (Å²) in [5, 5.41) is 0. The highest BCUT2D eigenvalue weighted by atomic mass is 19.4. The molecule has 0 aliphatic rings. The predicted molar refractivity (Wildman–Crippen MR) is 69.2 cm³/mol. The maximum Gasteiger partial charge on any atom is 0.416 e. The molecular weight excluding hydrogens is 237 g/mol. The summed E-state index contributed by atoms with van der Waals surface area (Å²) in [5.74, 6) is 0. The van der Waals surface area contributed by atoms with Crippen molar-refractivity contribution in [2.75, 3.05) is 0 Å². The standard InChI is InChI=1S/C15H19F3/c1-3-4-5-6-7-12(2)13-8-10-14(11-9-13)15(16,17)18/h8-11H,2-7H2,1H3. The second-order valence-electron chi connectivity index (χ2n) is 4.49. The number of hydrogen-bond acceptors (Lipinski definition) is 0. The van der Waals surface area contributed by atoms with Crippen molar-refractivity contribution in [1.29, 1.82) is 0 Å². The van der Waals surface area contributed by atoms with Gasteiger partial charge in [0.15, 0.2) is 0 Å². The Morgan fingerprint density at radius 3 is 2.17 bits per heavy atom. The molecule has 3 heteroatoms. The maximum atomic E-state index is 12.4. The molecule has 0 heterocycles. The van der Waals surface area contributed by atoms with Gasteiger partial charge in [-0.3, -0.25) is 0 Å². The summed E-state index contributed by atoms with van der Waals surface area (Å²) in [4.78, 5) is 0. The predicted octanol–water partition coefficient (Wildman–Crippen LogP) is 5.69. The minimum atomic E-state index is -4.26. The first-order chi connectivity index (χ1) is 8.45.